The third-order valence-corrected chi connectivity index (χ3v) is 3.00. The topological polar surface area (TPSA) is 20.2 Å². The van der Waals surface area contributed by atoms with E-state index in [1.807, 2.05) is 0 Å². The number of fused-ring (bicyclic) bond motifs is 1. The molecule has 0 unspecified atom stereocenters. The van der Waals surface area contributed by atoms with Crippen LogP contribution in [0.4, 0.5) is 0 Å². The molecule has 0 saturated carbocycles. The molecule has 0 spiro atoms. The number of aryl methyl sites for hydroxylation is 1. The van der Waals surface area contributed by atoms with E-state index in [9.17, 15) is 0 Å². The van der Waals surface area contributed by atoms with Crippen LogP contribution in [0.1, 0.15) is 28.7 Å². The summed E-state index contributed by atoms with van der Waals surface area (Å²) in [7, 11) is 0. The zero-order chi connectivity index (χ0) is 9.26. The summed E-state index contributed by atoms with van der Waals surface area (Å²) in [6.07, 6.45) is 4.56. The minimum Gasteiger partial charge on any atom is -0.396 e. The van der Waals surface area contributed by atoms with Gasteiger partial charge in [-0.1, -0.05) is 12.1 Å². The largest absolute Gasteiger partial charge is 0.396 e. The van der Waals surface area contributed by atoms with Gasteiger partial charge < -0.3 is 5.11 Å². The van der Waals surface area contributed by atoms with Crippen LogP contribution in [0.3, 0.4) is 0 Å². The van der Waals surface area contributed by atoms with Gasteiger partial charge in [0.25, 0.3) is 0 Å². The van der Waals surface area contributed by atoms with Gasteiger partial charge in [0, 0.05) is 6.61 Å². The maximum atomic E-state index is 8.92. The van der Waals surface area contributed by atoms with Gasteiger partial charge in [0.05, 0.1) is 0 Å². The van der Waals surface area contributed by atoms with Crippen molar-refractivity contribution in [3.8, 4) is 0 Å². The van der Waals surface area contributed by atoms with Crippen LogP contribution in [0.2, 0.25) is 0 Å². The maximum Gasteiger partial charge on any atom is 0.0471 e. The van der Waals surface area contributed by atoms with E-state index in [4.69, 9.17) is 5.11 Å². The molecule has 0 aliphatic heterocycles. The molecule has 1 heteroatoms. The Labute approximate surface area is 79.4 Å². The zero-order valence-corrected chi connectivity index (χ0v) is 8.14. The molecule has 1 nitrogen and oxygen atoms in total. The molecule has 0 bridgehead atoms. The Balaban J connectivity index is 2.43. The molecule has 0 fully saturated rings. The molecule has 2 rings (SSSR count). The predicted molar refractivity (Wildman–Crippen MR) is 54.0 cm³/mol. The van der Waals surface area contributed by atoms with Gasteiger partial charge in [-0.2, -0.15) is 0 Å². The fraction of sp³-hybridized carbons (Fsp3) is 0.500. The molecular formula is C12H16O. The Morgan fingerprint density at radius 3 is 2.77 bits per heavy atom. The fourth-order valence-corrected chi connectivity index (χ4v) is 2.31. The van der Waals surface area contributed by atoms with Gasteiger partial charge in [0.1, 0.15) is 0 Å². The molecule has 0 saturated heterocycles. The summed E-state index contributed by atoms with van der Waals surface area (Å²) < 4.78 is 0. The first-order chi connectivity index (χ1) is 6.33. The number of hydrogen-bond donors (Lipinski definition) is 1. The molecule has 0 atom stereocenters. The van der Waals surface area contributed by atoms with E-state index in [1.54, 1.807) is 5.56 Å². The smallest absolute Gasteiger partial charge is 0.0471 e. The second-order valence-corrected chi connectivity index (χ2v) is 3.83. The molecule has 0 radical (unpaired) electrons. The van der Waals surface area contributed by atoms with Crippen molar-refractivity contribution in [2.24, 2.45) is 0 Å². The third kappa shape index (κ3) is 1.49. The molecule has 1 aliphatic carbocycles. The number of rotatable bonds is 2. The fourth-order valence-electron chi connectivity index (χ4n) is 2.31. The summed E-state index contributed by atoms with van der Waals surface area (Å²) in [5.41, 5.74) is 5.86. The predicted octanol–water partition coefficient (Wildman–Crippen LogP) is 2.02. The number of benzene rings is 1. The average Bonchev–Trinajstić information content (AvgIpc) is 2.59. The maximum absolute atomic E-state index is 8.92. The van der Waals surface area contributed by atoms with E-state index in [0.29, 0.717) is 0 Å². The van der Waals surface area contributed by atoms with E-state index in [2.05, 4.69) is 19.1 Å². The number of hydrogen-bond acceptors (Lipinski definition) is 1. The lowest BCUT2D eigenvalue weighted by molar-refractivity contribution is 0.299. The minimum absolute atomic E-state index is 0.273. The zero-order valence-electron chi connectivity index (χ0n) is 8.14. The highest BCUT2D eigenvalue weighted by molar-refractivity contribution is 5.43. The highest BCUT2D eigenvalue weighted by atomic mass is 16.2. The molecule has 1 aromatic carbocycles. The number of aliphatic hydroxyl groups is 1. The monoisotopic (exact) mass is 176 g/mol. The Hall–Kier alpha value is -0.820. The van der Waals surface area contributed by atoms with Crippen molar-refractivity contribution in [3.63, 3.8) is 0 Å². The molecule has 1 aliphatic rings. The van der Waals surface area contributed by atoms with Crippen molar-refractivity contribution < 1.29 is 5.11 Å². The molecule has 0 heterocycles. The second kappa shape index (κ2) is 3.51. The molecule has 0 aromatic heterocycles. The Morgan fingerprint density at radius 2 is 2.00 bits per heavy atom. The van der Waals surface area contributed by atoms with Gasteiger partial charge in [-0.05, 0) is 54.9 Å². The average molecular weight is 176 g/mol. The summed E-state index contributed by atoms with van der Waals surface area (Å²) in [5, 5.41) is 8.92. The minimum atomic E-state index is 0.273. The number of aliphatic hydroxyl groups excluding tert-OH is 1. The highest BCUT2D eigenvalue weighted by Crippen LogP contribution is 2.28. The molecule has 70 valence electrons. The molecular weight excluding hydrogens is 160 g/mol. The van der Waals surface area contributed by atoms with E-state index < -0.39 is 0 Å². The Bertz CT molecular complexity index is 315. The van der Waals surface area contributed by atoms with Crippen molar-refractivity contribution in [1.29, 1.82) is 0 Å². The van der Waals surface area contributed by atoms with E-state index in [1.165, 1.54) is 36.0 Å². The lowest BCUT2D eigenvalue weighted by Crippen LogP contribution is -1.98. The van der Waals surface area contributed by atoms with Crippen LogP contribution in [0.25, 0.3) is 0 Å². The summed E-state index contributed by atoms with van der Waals surface area (Å²) in [5.74, 6) is 0. The lowest BCUT2D eigenvalue weighted by atomic mass is 9.97. The summed E-state index contributed by atoms with van der Waals surface area (Å²) in [4.78, 5) is 0. The van der Waals surface area contributed by atoms with E-state index >= 15 is 0 Å². The summed E-state index contributed by atoms with van der Waals surface area (Å²) in [6, 6.07) is 4.37. The first-order valence-corrected chi connectivity index (χ1v) is 5.04. The molecule has 1 N–H and O–H groups in total. The van der Waals surface area contributed by atoms with Gasteiger partial charge in [-0.25, -0.2) is 0 Å². The van der Waals surface area contributed by atoms with Gasteiger partial charge in [0.2, 0.25) is 0 Å². The molecule has 13 heavy (non-hydrogen) atoms. The summed E-state index contributed by atoms with van der Waals surface area (Å²) in [6.45, 7) is 2.46. The Morgan fingerprint density at radius 1 is 1.23 bits per heavy atom. The van der Waals surface area contributed by atoms with E-state index in [-0.39, 0.29) is 6.61 Å². The first-order valence-electron chi connectivity index (χ1n) is 5.04. The third-order valence-electron chi connectivity index (χ3n) is 3.00. The van der Waals surface area contributed by atoms with Crippen LogP contribution in [-0.4, -0.2) is 11.7 Å². The van der Waals surface area contributed by atoms with E-state index in [0.717, 1.165) is 6.42 Å². The van der Waals surface area contributed by atoms with Crippen molar-refractivity contribution >= 4 is 0 Å². The molecule has 1 aromatic rings. The quantitative estimate of drug-likeness (QED) is 0.731. The van der Waals surface area contributed by atoms with Crippen LogP contribution in [0, 0.1) is 6.92 Å². The van der Waals surface area contributed by atoms with Crippen molar-refractivity contribution in [2.45, 2.75) is 32.6 Å². The van der Waals surface area contributed by atoms with Gasteiger partial charge in [0.15, 0.2) is 0 Å². The lowest BCUT2D eigenvalue weighted by Gasteiger charge is -2.09. The van der Waals surface area contributed by atoms with Crippen molar-refractivity contribution in [2.75, 3.05) is 6.61 Å². The summed E-state index contributed by atoms with van der Waals surface area (Å²) >= 11 is 0. The SMILES string of the molecule is Cc1ccc(CCO)c2c1CCC2. The second-order valence-electron chi connectivity index (χ2n) is 3.83. The molecule has 0 amide bonds. The van der Waals surface area contributed by atoms with Crippen LogP contribution in [0.5, 0.6) is 0 Å². The standard InChI is InChI=1S/C12H16O/c1-9-5-6-10(7-8-13)12-4-2-3-11(9)12/h5-6,13H,2-4,7-8H2,1H3. The first kappa shape index (κ1) is 8.76. The highest BCUT2D eigenvalue weighted by Gasteiger charge is 2.15. The van der Waals surface area contributed by atoms with Crippen LogP contribution < -0.4 is 0 Å². The van der Waals surface area contributed by atoms with Crippen LogP contribution >= 0.6 is 0 Å². The van der Waals surface area contributed by atoms with Crippen molar-refractivity contribution in [1.82, 2.24) is 0 Å². The van der Waals surface area contributed by atoms with Crippen LogP contribution in [-0.2, 0) is 19.3 Å². The Kier molecular flexibility index (Phi) is 2.36. The van der Waals surface area contributed by atoms with Crippen LogP contribution in [0.15, 0.2) is 12.1 Å². The van der Waals surface area contributed by atoms with Gasteiger partial charge >= 0.3 is 0 Å². The normalized spacial score (nSPS) is 14.6. The van der Waals surface area contributed by atoms with Gasteiger partial charge in [-0.15, -0.1) is 0 Å². The van der Waals surface area contributed by atoms with Crippen molar-refractivity contribution in [3.05, 3.63) is 34.4 Å². The van der Waals surface area contributed by atoms with Gasteiger partial charge in [-0.3, -0.25) is 0 Å².